The van der Waals surface area contributed by atoms with Gasteiger partial charge in [0.15, 0.2) is 0 Å². The molecule has 0 heterocycles. The molecular formula is C16H18O2. The highest BCUT2D eigenvalue weighted by Gasteiger charge is 2.31. The van der Waals surface area contributed by atoms with E-state index in [1.165, 1.54) is 0 Å². The number of aliphatic hydroxyl groups is 2. The zero-order chi connectivity index (χ0) is 12.6. The fourth-order valence-electron chi connectivity index (χ4n) is 2.86. The van der Waals surface area contributed by atoms with Crippen LogP contribution in [-0.4, -0.2) is 10.2 Å². The van der Waals surface area contributed by atoms with Crippen LogP contribution in [0.3, 0.4) is 0 Å². The maximum absolute atomic E-state index is 10.4. The van der Waals surface area contributed by atoms with E-state index in [1.807, 2.05) is 48.6 Å². The molecule has 0 aromatic heterocycles. The molecule has 0 amide bonds. The first kappa shape index (κ1) is 11.7. The second-order valence-electron chi connectivity index (χ2n) is 5.31. The van der Waals surface area contributed by atoms with Crippen molar-refractivity contribution in [2.24, 2.45) is 0 Å². The lowest BCUT2D eigenvalue weighted by atomic mass is 9.88. The monoisotopic (exact) mass is 242 g/mol. The summed E-state index contributed by atoms with van der Waals surface area (Å²) < 4.78 is 0. The summed E-state index contributed by atoms with van der Waals surface area (Å²) in [6, 6.07) is 7.70. The Hall–Kier alpha value is -1.38. The summed E-state index contributed by atoms with van der Waals surface area (Å²) in [6.45, 7) is 0. The van der Waals surface area contributed by atoms with Crippen LogP contribution >= 0.6 is 0 Å². The fourth-order valence-corrected chi connectivity index (χ4v) is 2.86. The van der Waals surface area contributed by atoms with E-state index in [4.69, 9.17) is 0 Å². The van der Waals surface area contributed by atoms with Gasteiger partial charge < -0.3 is 10.2 Å². The predicted molar refractivity (Wildman–Crippen MR) is 71.0 cm³/mol. The van der Waals surface area contributed by atoms with Crippen LogP contribution in [0, 0.1) is 0 Å². The topological polar surface area (TPSA) is 40.5 Å². The first-order valence-electron chi connectivity index (χ1n) is 6.54. The Morgan fingerprint density at radius 1 is 0.722 bits per heavy atom. The van der Waals surface area contributed by atoms with Crippen LogP contribution in [0.15, 0.2) is 48.6 Å². The molecule has 0 bridgehead atoms. The molecule has 18 heavy (non-hydrogen) atoms. The highest BCUT2D eigenvalue weighted by atomic mass is 16.3. The Balaban J connectivity index is 1.90. The lowest BCUT2D eigenvalue weighted by molar-refractivity contribution is 0.0855. The summed E-state index contributed by atoms with van der Waals surface area (Å²) in [4.78, 5) is 0. The fraction of sp³-hybridized carbons (Fsp3) is 0.375. The highest BCUT2D eigenvalue weighted by molar-refractivity contribution is 5.37. The first-order chi connectivity index (χ1) is 8.62. The average Bonchev–Trinajstić information content (AvgIpc) is 3.01. The maximum atomic E-state index is 10.4. The second kappa shape index (κ2) is 4.08. The van der Waals surface area contributed by atoms with Crippen molar-refractivity contribution in [1.29, 1.82) is 0 Å². The molecule has 2 atom stereocenters. The molecule has 3 rings (SSSR count). The molecule has 2 aliphatic carbocycles. The molecule has 2 heteroatoms. The third-order valence-corrected chi connectivity index (χ3v) is 4.06. The van der Waals surface area contributed by atoms with E-state index in [0.29, 0.717) is 0 Å². The summed E-state index contributed by atoms with van der Waals surface area (Å²) in [5.74, 6) is 0. The summed E-state index contributed by atoms with van der Waals surface area (Å²) >= 11 is 0. The van der Waals surface area contributed by atoms with Crippen molar-refractivity contribution in [3.8, 4) is 0 Å². The highest BCUT2D eigenvalue weighted by Crippen LogP contribution is 2.36. The lowest BCUT2D eigenvalue weighted by Gasteiger charge is -2.24. The summed E-state index contributed by atoms with van der Waals surface area (Å²) in [5.41, 5.74) is 0.190. The number of hydrogen-bond acceptors (Lipinski definition) is 2. The van der Waals surface area contributed by atoms with E-state index in [9.17, 15) is 10.2 Å². The Morgan fingerprint density at radius 2 is 1.11 bits per heavy atom. The minimum absolute atomic E-state index is 0.747. The van der Waals surface area contributed by atoms with Crippen molar-refractivity contribution in [1.82, 2.24) is 0 Å². The Morgan fingerprint density at radius 3 is 1.39 bits per heavy atom. The van der Waals surface area contributed by atoms with Gasteiger partial charge in [-0.15, -0.1) is 0 Å². The SMILES string of the molecule is OC1(c2ccc(C3(O)C=CCC3)cc2)C=CCC1. The minimum Gasteiger partial charge on any atom is -0.381 e. The molecular weight excluding hydrogens is 224 g/mol. The third kappa shape index (κ3) is 1.82. The summed E-state index contributed by atoms with van der Waals surface area (Å²) in [6.07, 6.45) is 11.1. The summed E-state index contributed by atoms with van der Waals surface area (Å²) in [7, 11) is 0. The van der Waals surface area contributed by atoms with Crippen LogP contribution in [0.5, 0.6) is 0 Å². The van der Waals surface area contributed by atoms with Crippen molar-refractivity contribution in [3.05, 3.63) is 59.7 Å². The van der Waals surface area contributed by atoms with Crippen molar-refractivity contribution in [2.45, 2.75) is 36.9 Å². The van der Waals surface area contributed by atoms with Gasteiger partial charge in [-0.1, -0.05) is 48.6 Å². The van der Waals surface area contributed by atoms with Gasteiger partial charge in [0.05, 0.1) is 0 Å². The van der Waals surface area contributed by atoms with Crippen molar-refractivity contribution < 1.29 is 10.2 Å². The molecule has 2 unspecified atom stereocenters. The molecule has 1 aromatic carbocycles. The van der Waals surface area contributed by atoms with E-state index >= 15 is 0 Å². The van der Waals surface area contributed by atoms with E-state index in [-0.39, 0.29) is 0 Å². The Bertz CT molecular complexity index is 453. The van der Waals surface area contributed by atoms with Gasteiger partial charge in [-0.3, -0.25) is 0 Å². The molecule has 1 aromatic rings. The molecule has 94 valence electrons. The predicted octanol–water partition coefficient (Wildman–Crippen LogP) is 2.76. The van der Waals surface area contributed by atoms with Gasteiger partial charge in [0, 0.05) is 0 Å². The van der Waals surface area contributed by atoms with Gasteiger partial charge in [0.25, 0.3) is 0 Å². The van der Waals surface area contributed by atoms with Crippen LogP contribution in [-0.2, 0) is 11.2 Å². The molecule has 0 aliphatic heterocycles. The van der Waals surface area contributed by atoms with Crippen LogP contribution in [0.1, 0.15) is 36.8 Å². The summed E-state index contributed by atoms with van der Waals surface area (Å²) in [5, 5.41) is 20.8. The first-order valence-corrected chi connectivity index (χ1v) is 6.54. The number of benzene rings is 1. The second-order valence-corrected chi connectivity index (χ2v) is 5.31. The van der Waals surface area contributed by atoms with E-state index in [0.717, 1.165) is 36.8 Å². The molecule has 0 spiro atoms. The van der Waals surface area contributed by atoms with Crippen molar-refractivity contribution >= 4 is 0 Å². The Kier molecular flexibility index (Phi) is 2.65. The number of allylic oxidation sites excluding steroid dienone is 2. The van der Waals surface area contributed by atoms with Gasteiger partial charge >= 0.3 is 0 Å². The molecule has 2 N–H and O–H groups in total. The minimum atomic E-state index is -0.813. The van der Waals surface area contributed by atoms with Gasteiger partial charge in [-0.05, 0) is 36.8 Å². The Labute approximate surface area is 107 Å². The van der Waals surface area contributed by atoms with Crippen LogP contribution in [0.4, 0.5) is 0 Å². The lowest BCUT2D eigenvalue weighted by Crippen LogP contribution is -2.22. The van der Waals surface area contributed by atoms with E-state index < -0.39 is 11.2 Å². The third-order valence-electron chi connectivity index (χ3n) is 4.06. The quantitative estimate of drug-likeness (QED) is 0.783. The molecule has 0 saturated heterocycles. The van der Waals surface area contributed by atoms with Gasteiger partial charge in [0.2, 0.25) is 0 Å². The zero-order valence-electron chi connectivity index (χ0n) is 10.3. The van der Waals surface area contributed by atoms with Crippen molar-refractivity contribution in [3.63, 3.8) is 0 Å². The van der Waals surface area contributed by atoms with Crippen LogP contribution in [0.25, 0.3) is 0 Å². The molecule has 2 aliphatic rings. The van der Waals surface area contributed by atoms with E-state index in [1.54, 1.807) is 0 Å². The number of rotatable bonds is 2. The normalized spacial score (nSPS) is 34.3. The standard InChI is InChI=1S/C16H18O2/c17-15(9-1-2-10-15)13-5-7-14(8-6-13)16(18)11-3-4-12-16/h1,3,5-9,11,17-18H,2,4,10,12H2. The van der Waals surface area contributed by atoms with E-state index in [2.05, 4.69) is 0 Å². The van der Waals surface area contributed by atoms with Crippen molar-refractivity contribution in [2.75, 3.05) is 0 Å². The zero-order valence-corrected chi connectivity index (χ0v) is 10.3. The number of hydrogen-bond donors (Lipinski definition) is 2. The maximum Gasteiger partial charge on any atom is 0.108 e. The van der Waals surface area contributed by atoms with Crippen LogP contribution in [0.2, 0.25) is 0 Å². The molecule has 2 nitrogen and oxygen atoms in total. The average molecular weight is 242 g/mol. The molecule has 0 radical (unpaired) electrons. The molecule has 0 saturated carbocycles. The van der Waals surface area contributed by atoms with Crippen LogP contribution < -0.4 is 0 Å². The largest absolute Gasteiger partial charge is 0.381 e. The van der Waals surface area contributed by atoms with Gasteiger partial charge in [0.1, 0.15) is 11.2 Å². The van der Waals surface area contributed by atoms with Gasteiger partial charge in [-0.2, -0.15) is 0 Å². The molecule has 0 fully saturated rings. The smallest absolute Gasteiger partial charge is 0.108 e. The van der Waals surface area contributed by atoms with Gasteiger partial charge in [-0.25, -0.2) is 0 Å².